The Labute approximate surface area is 213 Å². The summed E-state index contributed by atoms with van der Waals surface area (Å²) in [5, 5.41) is 49.1. The standard InChI is InChI=1S/C25H32O12/c1-3-15-16(10-19(28)34-9-8-13-4-6-14(27)7-5-13)17(23(32)33-2)12-35-24(15)37-25-22(31)21(30)20(29)18(11-26)36-25/h3-7,12,16,18,20-22,24-27,29-31H,8-11H2,1-2H3/b15-3+/t16-,18+,20+,21-,22+,24-,25-/m1/s1. The summed E-state index contributed by atoms with van der Waals surface area (Å²) in [6.07, 6.45) is -6.02. The van der Waals surface area contributed by atoms with Crippen LogP contribution in [0.4, 0.5) is 0 Å². The summed E-state index contributed by atoms with van der Waals surface area (Å²) in [6.45, 7) is 1.06. The number of hydrogen-bond acceptors (Lipinski definition) is 12. The molecule has 0 amide bonds. The summed E-state index contributed by atoms with van der Waals surface area (Å²) in [4.78, 5) is 25.1. The minimum Gasteiger partial charge on any atom is -0.508 e. The highest BCUT2D eigenvalue weighted by molar-refractivity contribution is 5.90. The molecule has 204 valence electrons. The van der Waals surface area contributed by atoms with Crippen molar-refractivity contribution < 1.29 is 58.8 Å². The molecule has 0 saturated carbocycles. The highest BCUT2D eigenvalue weighted by Crippen LogP contribution is 2.36. The van der Waals surface area contributed by atoms with E-state index in [2.05, 4.69) is 0 Å². The molecule has 5 N–H and O–H groups in total. The minimum absolute atomic E-state index is 0.0414. The molecule has 3 rings (SSSR count). The van der Waals surface area contributed by atoms with Gasteiger partial charge in [-0.15, -0.1) is 0 Å². The molecule has 12 nitrogen and oxygen atoms in total. The Balaban J connectivity index is 1.71. The number of aromatic hydroxyl groups is 1. The average Bonchev–Trinajstić information content (AvgIpc) is 2.89. The summed E-state index contributed by atoms with van der Waals surface area (Å²) in [6, 6.07) is 6.47. The lowest BCUT2D eigenvalue weighted by Gasteiger charge is -2.41. The van der Waals surface area contributed by atoms with E-state index in [0.29, 0.717) is 12.0 Å². The Bertz CT molecular complexity index is 986. The van der Waals surface area contributed by atoms with Crippen molar-refractivity contribution in [3.8, 4) is 5.75 Å². The fourth-order valence-electron chi connectivity index (χ4n) is 4.10. The van der Waals surface area contributed by atoms with Gasteiger partial charge < -0.3 is 49.2 Å². The van der Waals surface area contributed by atoms with E-state index in [-0.39, 0.29) is 24.4 Å². The van der Waals surface area contributed by atoms with Crippen LogP contribution in [0.15, 0.2) is 47.7 Å². The second-order valence-electron chi connectivity index (χ2n) is 8.55. The number of aliphatic hydroxyl groups is 4. The van der Waals surface area contributed by atoms with Crippen LogP contribution in [0.3, 0.4) is 0 Å². The van der Waals surface area contributed by atoms with Crippen LogP contribution in [0.5, 0.6) is 5.75 Å². The second-order valence-corrected chi connectivity index (χ2v) is 8.55. The molecule has 0 unspecified atom stereocenters. The molecule has 0 spiro atoms. The summed E-state index contributed by atoms with van der Waals surface area (Å²) >= 11 is 0. The fraction of sp³-hybridized carbons (Fsp3) is 0.520. The van der Waals surface area contributed by atoms with Gasteiger partial charge in [0.05, 0.1) is 38.6 Å². The first-order valence-electron chi connectivity index (χ1n) is 11.7. The number of hydrogen-bond donors (Lipinski definition) is 5. The number of ether oxygens (including phenoxy) is 5. The molecule has 0 aromatic heterocycles. The number of aliphatic hydroxyl groups excluding tert-OH is 4. The monoisotopic (exact) mass is 524 g/mol. The quantitative estimate of drug-likeness (QED) is 0.210. The summed E-state index contributed by atoms with van der Waals surface area (Å²) in [5.74, 6) is -2.07. The molecule has 2 heterocycles. The van der Waals surface area contributed by atoms with Gasteiger partial charge in [-0.1, -0.05) is 18.2 Å². The highest BCUT2D eigenvalue weighted by Gasteiger charge is 2.46. The van der Waals surface area contributed by atoms with Crippen LogP contribution in [0, 0.1) is 5.92 Å². The van der Waals surface area contributed by atoms with E-state index in [0.717, 1.165) is 11.8 Å². The number of rotatable bonds is 9. The molecule has 1 aromatic rings. The van der Waals surface area contributed by atoms with E-state index in [9.17, 15) is 35.1 Å². The lowest BCUT2D eigenvalue weighted by molar-refractivity contribution is -0.327. The van der Waals surface area contributed by atoms with Crippen LogP contribution in [0.1, 0.15) is 18.9 Å². The number of allylic oxidation sites excluding steroid dienone is 1. The first-order valence-corrected chi connectivity index (χ1v) is 11.7. The topological polar surface area (TPSA) is 181 Å². The van der Waals surface area contributed by atoms with E-state index in [1.807, 2.05) is 0 Å². The molecule has 0 bridgehead atoms. The zero-order valence-corrected chi connectivity index (χ0v) is 20.4. The number of esters is 2. The van der Waals surface area contributed by atoms with Gasteiger partial charge in [-0.25, -0.2) is 4.79 Å². The van der Waals surface area contributed by atoms with Crippen LogP contribution in [-0.4, -0.2) is 94.8 Å². The maximum atomic E-state index is 12.7. The van der Waals surface area contributed by atoms with Gasteiger partial charge in [-0.2, -0.15) is 0 Å². The van der Waals surface area contributed by atoms with E-state index in [1.165, 1.54) is 19.2 Å². The van der Waals surface area contributed by atoms with Crippen molar-refractivity contribution in [2.45, 2.75) is 56.8 Å². The molecule has 37 heavy (non-hydrogen) atoms. The summed E-state index contributed by atoms with van der Waals surface area (Å²) < 4.78 is 26.8. The third-order valence-corrected chi connectivity index (χ3v) is 6.19. The highest BCUT2D eigenvalue weighted by atomic mass is 16.8. The van der Waals surface area contributed by atoms with Crippen molar-refractivity contribution >= 4 is 11.9 Å². The molecular formula is C25H32O12. The Morgan fingerprint density at radius 3 is 2.41 bits per heavy atom. The molecule has 1 fully saturated rings. The molecule has 2 aliphatic heterocycles. The number of carbonyl (C=O) groups is 2. The predicted octanol–water partition coefficient (Wildman–Crippen LogP) is -0.340. The van der Waals surface area contributed by atoms with Crippen molar-refractivity contribution in [3.63, 3.8) is 0 Å². The molecular weight excluding hydrogens is 492 g/mol. The van der Waals surface area contributed by atoms with Gasteiger partial charge in [0, 0.05) is 17.9 Å². The van der Waals surface area contributed by atoms with Gasteiger partial charge in [0.15, 0.2) is 6.29 Å². The fourth-order valence-corrected chi connectivity index (χ4v) is 4.10. The number of carbonyl (C=O) groups excluding carboxylic acids is 2. The second kappa shape index (κ2) is 13.0. The Morgan fingerprint density at radius 1 is 1.08 bits per heavy atom. The minimum atomic E-state index is -1.67. The molecule has 7 atom stereocenters. The zero-order chi connectivity index (χ0) is 27.1. The van der Waals surface area contributed by atoms with Crippen LogP contribution in [0.2, 0.25) is 0 Å². The van der Waals surface area contributed by atoms with E-state index in [4.69, 9.17) is 23.7 Å². The third-order valence-electron chi connectivity index (χ3n) is 6.19. The van der Waals surface area contributed by atoms with Gasteiger partial charge in [0.25, 0.3) is 0 Å². The predicted molar refractivity (Wildman–Crippen MR) is 124 cm³/mol. The van der Waals surface area contributed by atoms with E-state index in [1.54, 1.807) is 25.1 Å². The van der Waals surface area contributed by atoms with E-state index < -0.39 is 61.5 Å². The number of phenolic OH excluding ortho intramolecular Hbond substituents is 1. The van der Waals surface area contributed by atoms with Gasteiger partial charge in [-0.05, 0) is 24.6 Å². The largest absolute Gasteiger partial charge is 0.508 e. The Hall–Kier alpha value is -3.00. The lowest BCUT2D eigenvalue weighted by atomic mass is 9.86. The van der Waals surface area contributed by atoms with Crippen molar-refractivity contribution in [1.29, 1.82) is 0 Å². The van der Waals surface area contributed by atoms with E-state index >= 15 is 0 Å². The van der Waals surface area contributed by atoms with Crippen LogP contribution < -0.4 is 0 Å². The van der Waals surface area contributed by atoms with Gasteiger partial charge in [0.2, 0.25) is 6.29 Å². The number of phenols is 1. The zero-order valence-electron chi connectivity index (χ0n) is 20.4. The molecule has 0 radical (unpaired) electrons. The van der Waals surface area contributed by atoms with Gasteiger partial charge in [0.1, 0.15) is 30.2 Å². The number of methoxy groups -OCH3 is 1. The van der Waals surface area contributed by atoms with Gasteiger partial charge >= 0.3 is 11.9 Å². The Morgan fingerprint density at radius 2 is 1.78 bits per heavy atom. The summed E-state index contributed by atoms with van der Waals surface area (Å²) in [5.41, 5.74) is 1.23. The molecule has 0 aliphatic carbocycles. The van der Waals surface area contributed by atoms with Crippen molar-refractivity contribution in [1.82, 2.24) is 0 Å². The normalized spacial score (nSPS) is 30.8. The van der Waals surface area contributed by atoms with Crippen molar-refractivity contribution in [2.24, 2.45) is 5.92 Å². The van der Waals surface area contributed by atoms with Crippen LogP contribution >= 0.6 is 0 Å². The first kappa shape index (κ1) is 28.6. The lowest BCUT2D eigenvalue weighted by Crippen LogP contribution is -2.60. The maximum absolute atomic E-state index is 12.7. The van der Waals surface area contributed by atoms with Crippen molar-refractivity contribution in [3.05, 3.63) is 53.3 Å². The maximum Gasteiger partial charge on any atom is 0.337 e. The molecule has 2 aliphatic rings. The number of benzene rings is 1. The van der Waals surface area contributed by atoms with Gasteiger partial charge in [-0.3, -0.25) is 4.79 Å². The van der Waals surface area contributed by atoms with Crippen molar-refractivity contribution in [2.75, 3.05) is 20.3 Å². The molecule has 1 saturated heterocycles. The third kappa shape index (κ3) is 6.86. The smallest absolute Gasteiger partial charge is 0.337 e. The SMILES string of the molecule is C/C=C1/[C@@H](O[C@H]2O[C@@H](CO)[C@H](O)[C@@H](O)[C@@H]2O)OC=C(C(=O)OC)[C@@H]1CC(=O)OCCc1ccc(O)cc1. The molecule has 1 aromatic carbocycles. The van der Waals surface area contributed by atoms with Crippen LogP contribution in [-0.2, 0) is 39.7 Å². The average molecular weight is 525 g/mol. The Kier molecular flexibility index (Phi) is 10.0. The van der Waals surface area contributed by atoms with Crippen LogP contribution in [0.25, 0.3) is 0 Å². The summed E-state index contributed by atoms with van der Waals surface area (Å²) in [7, 11) is 1.18. The first-order chi connectivity index (χ1) is 17.7. The molecule has 12 heteroatoms.